The fourth-order valence-electron chi connectivity index (χ4n) is 2.74. The maximum absolute atomic E-state index is 11.2. The van der Waals surface area contributed by atoms with Crippen molar-refractivity contribution in [2.45, 2.75) is 46.6 Å². The zero-order valence-electron chi connectivity index (χ0n) is 20.9. The molecule has 0 heterocycles. The van der Waals surface area contributed by atoms with Gasteiger partial charge >= 0.3 is 11.9 Å². The molecule has 0 aromatic heterocycles. The quantitative estimate of drug-likeness (QED) is 0.327. The van der Waals surface area contributed by atoms with E-state index in [0.29, 0.717) is 17.9 Å². The number of hydrogen-bond acceptors (Lipinski definition) is 5. The molecule has 6 heteroatoms. The number of hydrogen-bond donors (Lipinski definition) is 1. The van der Waals surface area contributed by atoms with E-state index in [-0.39, 0.29) is 12.1 Å². The minimum absolute atomic E-state index is 0.0898. The van der Waals surface area contributed by atoms with Gasteiger partial charge in [0.1, 0.15) is 11.5 Å². The van der Waals surface area contributed by atoms with Gasteiger partial charge < -0.3 is 19.3 Å². The van der Waals surface area contributed by atoms with Crippen molar-refractivity contribution in [1.29, 1.82) is 0 Å². The fourth-order valence-corrected chi connectivity index (χ4v) is 2.74. The molecule has 34 heavy (non-hydrogen) atoms. The van der Waals surface area contributed by atoms with Crippen molar-refractivity contribution < 1.29 is 28.9 Å². The van der Waals surface area contributed by atoms with Crippen LogP contribution in [0.15, 0.2) is 60.2 Å². The predicted octanol–water partition coefficient (Wildman–Crippen LogP) is 6.26. The van der Waals surface area contributed by atoms with Crippen LogP contribution in [0.3, 0.4) is 0 Å². The van der Waals surface area contributed by atoms with Crippen molar-refractivity contribution in [1.82, 2.24) is 0 Å². The number of methoxy groups -OCH3 is 2. The normalized spacial score (nSPS) is 11.2. The molecule has 184 valence electrons. The number of carboxylic acid groups (broad SMARTS) is 1. The van der Waals surface area contributed by atoms with Crippen molar-refractivity contribution in [3.05, 3.63) is 71.3 Å². The molecular formula is C28H36O6. The Morgan fingerprint density at radius 2 is 1.35 bits per heavy atom. The fraction of sp³-hybridized carbons (Fsp3) is 0.357. The Morgan fingerprint density at radius 3 is 1.76 bits per heavy atom. The van der Waals surface area contributed by atoms with E-state index in [4.69, 9.17) is 19.3 Å². The lowest BCUT2D eigenvalue weighted by atomic mass is 10.0. The first kappa shape index (κ1) is 28.5. The van der Waals surface area contributed by atoms with Gasteiger partial charge in [-0.25, -0.2) is 9.59 Å². The molecule has 0 bridgehead atoms. The summed E-state index contributed by atoms with van der Waals surface area (Å²) in [6.45, 7) is 7.82. The van der Waals surface area contributed by atoms with Crippen molar-refractivity contribution in [2.75, 3.05) is 14.2 Å². The molecule has 2 rings (SSSR count). The van der Waals surface area contributed by atoms with Gasteiger partial charge in [0.15, 0.2) is 0 Å². The van der Waals surface area contributed by atoms with Crippen LogP contribution in [-0.2, 0) is 14.3 Å². The Labute approximate surface area is 202 Å². The first-order valence-corrected chi connectivity index (χ1v) is 11.2. The van der Waals surface area contributed by atoms with Crippen LogP contribution < -0.4 is 9.47 Å². The number of benzene rings is 2. The van der Waals surface area contributed by atoms with E-state index in [9.17, 15) is 9.59 Å². The van der Waals surface area contributed by atoms with Crippen molar-refractivity contribution in [3.63, 3.8) is 0 Å². The molecule has 0 radical (unpaired) electrons. The summed E-state index contributed by atoms with van der Waals surface area (Å²) in [7, 11) is 3.22. The molecule has 0 aliphatic heterocycles. The molecular weight excluding hydrogens is 432 g/mol. The first-order chi connectivity index (χ1) is 16.1. The van der Waals surface area contributed by atoms with Gasteiger partial charge in [0.25, 0.3) is 0 Å². The van der Waals surface area contributed by atoms with Crippen molar-refractivity contribution in [2.24, 2.45) is 5.92 Å². The highest BCUT2D eigenvalue weighted by molar-refractivity contribution is 5.92. The second-order valence-electron chi connectivity index (χ2n) is 8.27. The van der Waals surface area contributed by atoms with Crippen molar-refractivity contribution >= 4 is 24.1 Å². The summed E-state index contributed by atoms with van der Waals surface area (Å²) in [4.78, 5) is 22.4. The van der Waals surface area contributed by atoms with Gasteiger partial charge in [-0.2, -0.15) is 0 Å². The number of carboxylic acids is 1. The van der Waals surface area contributed by atoms with Gasteiger partial charge in [-0.05, 0) is 80.2 Å². The van der Waals surface area contributed by atoms with E-state index in [1.54, 1.807) is 26.4 Å². The Kier molecular flexibility index (Phi) is 12.8. The third kappa shape index (κ3) is 11.9. The number of ether oxygens (including phenoxy) is 3. The van der Waals surface area contributed by atoms with Gasteiger partial charge in [0, 0.05) is 11.6 Å². The lowest BCUT2D eigenvalue weighted by Gasteiger charge is -2.06. The Morgan fingerprint density at radius 1 is 0.853 bits per heavy atom. The molecule has 0 saturated carbocycles. The smallest absolute Gasteiger partial charge is 0.331 e. The van der Waals surface area contributed by atoms with Crippen LogP contribution in [0, 0.1) is 5.92 Å². The van der Waals surface area contributed by atoms with Gasteiger partial charge in [0.2, 0.25) is 0 Å². The highest BCUT2D eigenvalue weighted by atomic mass is 16.5. The van der Waals surface area contributed by atoms with Crippen LogP contribution in [-0.4, -0.2) is 37.4 Å². The lowest BCUT2D eigenvalue weighted by molar-refractivity contribution is -0.141. The van der Waals surface area contributed by atoms with Gasteiger partial charge in [0.05, 0.1) is 20.3 Å². The number of rotatable bonds is 10. The molecule has 0 atom stereocenters. The summed E-state index contributed by atoms with van der Waals surface area (Å²) in [6, 6.07) is 14.8. The molecule has 0 aliphatic carbocycles. The van der Waals surface area contributed by atoms with Gasteiger partial charge in [-0.1, -0.05) is 38.1 Å². The zero-order valence-corrected chi connectivity index (χ0v) is 20.9. The standard InChI is InChI=1S/C15H20O3.C13H16O3/c1-11(2)4-7-13(15(16)17)10-12-5-8-14(18-3)9-6-12;1-10(2)16-13(14)9-6-11-4-7-12(15-3)8-5-11/h5-6,8-11H,4,7H2,1-3H3,(H,16,17);4-10H,1-3H3. The van der Waals surface area contributed by atoms with E-state index < -0.39 is 5.97 Å². The van der Waals surface area contributed by atoms with Gasteiger partial charge in [-0.15, -0.1) is 0 Å². The van der Waals surface area contributed by atoms with E-state index in [1.807, 2.05) is 62.4 Å². The summed E-state index contributed by atoms with van der Waals surface area (Å²) in [5.74, 6) is 0.897. The molecule has 0 aliphatic rings. The number of esters is 1. The highest BCUT2D eigenvalue weighted by Crippen LogP contribution is 2.18. The number of aliphatic carboxylic acids is 1. The molecule has 0 amide bonds. The summed E-state index contributed by atoms with van der Waals surface area (Å²) in [5, 5.41) is 9.16. The summed E-state index contributed by atoms with van der Waals surface area (Å²) < 4.78 is 15.1. The monoisotopic (exact) mass is 468 g/mol. The lowest BCUT2D eigenvalue weighted by Crippen LogP contribution is -2.08. The zero-order chi connectivity index (χ0) is 25.5. The predicted molar refractivity (Wildman–Crippen MR) is 136 cm³/mol. The second kappa shape index (κ2) is 15.3. The molecule has 6 nitrogen and oxygen atoms in total. The van der Waals surface area contributed by atoms with Crippen LogP contribution in [0.25, 0.3) is 12.2 Å². The van der Waals surface area contributed by atoms with Crippen LogP contribution >= 0.6 is 0 Å². The molecule has 0 unspecified atom stereocenters. The minimum atomic E-state index is -0.841. The average Bonchev–Trinajstić information content (AvgIpc) is 2.80. The van der Waals surface area contributed by atoms with Crippen LogP contribution in [0.4, 0.5) is 0 Å². The van der Waals surface area contributed by atoms with E-state index in [2.05, 4.69) is 13.8 Å². The first-order valence-electron chi connectivity index (χ1n) is 11.2. The van der Waals surface area contributed by atoms with Crippen LogP contribution in [0.1, 0.15) is 51.7 Å². The Bertz CT molecular complexity index is 938. The highest BCUT2D eigenvalue weighted by Gasteiger charge is 2.08. The average molecular weight is 469 g/mol. The van der Waals surface area contributed by atoms with E-state index >= 15 is 0 Å². The van der Waals surface area contributed by atoms with Gasteiger partial charge in [-0.3, -0.25) is 0 Å². The maximum atomic E-state index is 11.2. The molecule has 0 fully saturated rings. The molecule has 1 N–H and O–H groups in total. The topological polar surface area (TPSA) is 82.1 Å². The van der Waals surface area contributed by atoms with E-state index in [1.165, 1.54) is 6.08 Å². The summed E-state index contributed by atoms with van der Waals surface area (Å²) >= 11 is 0. The molecule has 0 saturated heterocycles. The largest absolute Gasteiger partial charge is 0.497 e. The molecule has 0 spiro atoms. The summed E-state index contributed by atoms with van der Waals surface area (Å²) in [6.07, 6.45) is 6.25. The summed E-state index contributed by atoms with van der Waals surface area (Å²) in [5.41, 5.74) is 2.27. The maximum Gasteiger partial charge on any atom is 0.331 e. The SMILES string of the molecule is COc1ccc(C=C(CCC(C)C)C(=O)O)cc1.COc1ccc(C=CC(=O)OC(C)C)cc1. The van der Waals surface area contributed by atoms with E-state index in [0.717, 1.165) is 29.0 Å². The third-order valence-electron chi connectivity index (χ3n) is 4.60. The number of carbonyl (C=O) groups excluding carboxylic acids is 1. The molecule has 2 aromatic carbocycles. The third-order valence-corrected chi connectivity index (χ3v) is 4.60. The molecule has 2 aromatic rings. The van der Waals surface area contributed by atoms with Crippen molar-refractivity contribution in [3.8, 4) is 11.5 Å². The Balaban J connectivity index is 0.000000342. The minimum Gasteiger partial charge on any atom is -0.497 e. The Hall–Kier alpha value is -3.54. The number of carbonyl (C=O) groups is 2. The second-order valence-corrected chi connectivity index (χ2v) is 8.27. The van der Waals surface area contributed by atoms with Crippen LogP contribution in [0.5, 0.6) is 11.5 Å². The van der Waals surface area contributed by atoms with Crippen LogP contribution in [0.2, 0.25) is 0 Å².